The molecule has 3 aliphatic rings. The van der Waals surface area contributed by atoms with Crippen LogP contribution in [0, 0.1) is 11.8 Å². The van der Waals surface area contributed by atoms with Crippen LogP contribution in [0.5, 0.6) is 0 Å². The molecule has 134 valence electrons. The lowest BCUT2D eigenvalue weighted by molar-refractivity contribution is -0.140. The number of hydrogen-bond donors (Lipinski definition) is 1. The first-order valence-electron chi connectivity index (χ1n) is 9.47. The lowest BCUT2D eigenvalue weighted by Crippen LogP contribution is -2.41. The van der Waals surface area contributed by atoms with Crippen LogP contribution in [-0.2, 0) is 14.4 Å². The number of likely N-dealkylation sites (tertiary alicyclic amines) is 2. The van der Waals surface area contributed by atoms with Gasteiger partial charge < -0.3 is 5.32 Å². The SMILES string of the molecule is CCN1CCC[C@H]1CNC(=O)CCN1C(=O)[C@H]2CCCC[C@H]2C1=O. The van der Waals surface area contributed by atoms with Gasteiger partial charge in [-0.15, -0.1) is 0 Å². The number of amides is 3. The zero-order valence-electron chi connectivity index (χ0n) is 14.6. The molecule has 0 unspecified atom stereocenters. The van der Waals surface area contributed by atoms with E-state index in [4.69, 9.17) is 0 Å². The molecule has 0 bridgehead atoms. The van der Waals surface area contributed by atoms with Gasteiger partial charge in [0.15, 0.2) is 0 Å². The number of carbonyl (C=O) groups excluding carboxylic acids is 3. The molecule has 0 spiro atoms. The Bertz CT molecular complexity index is 484. The number of likely N-dealkylation sites (N-methyl/N-ethyl adjacent to an activating group) is 1. The zero-order valence-corrected chi connectivity index (χ0v) is 14.6. The quantitative estimate of drug-likeness (QED) is 0.740. The fourth-order valence-electron chi connectivity index (χ4n) is 4.53. The summed E-state index contributed by atoms with van der Waals surface area (Å²) in [5, 5.41) is 2.98. The van der Waals surface area contributed by atoms with Crippen LogP contribution in [0.3, 0.4) is 0 Å². The van der Waals surface area contributed by atoms with E-state index in [2.05, 4.69) is 17.1 Å². The Hall–Kier alpha value is -1.43. The van der Waals surface area contributed by atoms with Crippen molar-refractivity contribution >= 4 is 17.7 Å². The minimum Gasteiger partial charge on any atom is -0.354 e. The third-order valence-corrected chi connectivity index (χ3v) is 5.93. The molecular formula is C18H29N3O3. The van der Waals surface area contributed by atoms with Crippen LogP contribution in [0.25, 0.3) is 0 Å². The van der Waals surface area contributed by atoms with Gasteiger partial charge in [-0.05, 0) is 38.8 Å². The minimum atomic E-state index is -0.120. The molecular weight excluding hydrogens is 306 g/mol. The number of hydrogen-bond acceptors (Lipinski definition) is 4. The summed E-state index contributed by atoms with van der Waals surface area (Å²) in [5.41, 5.74) is 0. The van der Waals surface area contributed by atoms with Crippen molar-refractivity contribution in [2.24, 2.45) is 11.8 Å². The van der Waals surface area contributed by atoms with Crippen molar-refractivity contribution in [2.45, 2.75) is 57.9 Å². The molecule has 3 rings (SSSR count). The number of imide groups is 1. The van der Waals surface area contributed by atoms with Crippen LogP contribution in [0.1, 0.15) is 51.9 Å². The molecule has 24 heavy (non-hydrogen) atoms. The summed E-state index contributed by atoms with van der Waals surface area (Å²) in [7, 11) is 0. The van der Waals surface area contributed by atoms with E-state index in [9.17, 15) is 14.4 Å². The van der Waals surface area contributed by atoms with E-state index in [1.54, 1.807) is 0 Å². The number of nitrogens with zero attached hydrogens (tertiary/aromatic N) is 2. The fraction of sp³-hybridized carbons (Fsp3) is 0.833. The maximum Gasteiger partial charge on any atom is 0.233 e. The van der Waals surface area contributed by atoms with Crippen LogP contribution in [0.2, 0.25) is 0 Å². The summed E-state index contributed by atoms with van der Waals surface area (Å²) in [6.45, 7) is 5.17. The number of nitrogens with one attached hydrogen (secondary N) is 1. The molecule has 0 aromatic carbocycles. The maximum atomic E-state index is 12.4. The van der Waals surface area contributed by atoms with Crippen molar-refractivity contribution in [1.29, 1.82) is 0 Å². The molecule has 3 fully saturated rings. The molecule has 0 radical (unpaired) electrons. The van der Waals surface area contributed by atoms with Crippen molar-refractivity contribution in [1.82, 2.24) is 15.1 Å². The van der Waals surface area contributed by atoms with Crippen LogP contribution >= 0.6 is 0 Å². The Morgan fingerprint density at radius 3 is 2.38 bits per heavy atom. The molecule has 2 heterocycles. The van der Waals surface area contributed by atoms with Crippen LogP contribution < -0.4 is 5.32 Å². The normalized spacial score (nSPS) is 30.7. The van der Waals surface area contributed by atoms with Gasteiger partial charge in [0.2, 0.25) is 17.7 Å². The maximum absolute atomic E-state index is 12.4. The molecule has 6 heteroatoms. The first kappa shape index (κ1) is 17.4. The third-order valence-electron chi connectivity index (χ3n) is 5.93. The van der Waals surface area contributed by atoms with Crippen molar-refractivity contribution in [2.75, 3.05) is 26.2 Å². The van der Waals surface area contributed by atoms with E-state index in [0.29, 0.717) is 12.6 Å². The Kier molecular flexibility index (Phi) is 5.54. The summed E-state index contributed by atoms with van der Waals surface area (Å²) in [6.07, 6.45) is 6.25. The van der Waals surface area contributed by atoms with E-state index in [-0.39, 0.29) is 42.5 Å². The van der Waals surface area contributed by atoms with Gasteiger partial charge in [0, 0.05) is 25.6 Å². The Morgan fingerprint density at radius 2 is 1.75 bits per heavy atom. The van der Waals surface area contributed by atoms with E-state index in [1.165, 1.54) is 11.3 Å². The lowest BCUT2D eigenvalue weighted by atomic mass is 9.81. The predicted octanol–water partition coefficient (Wildman–Crippen LogP) is 1.15. The Labute approximate surface area is 143 Å². The topological polar surface area (TPSA) is 69.7 Å². The van der Waals surface area contributed by atoms with E-state index in [0.717, 1.165) is 45.2 Å². The van der Waals surface area contributed by atoms with Gasteiger partial charge in [-0.2, -0.15) is 0 Å². The summed E-state index contributed by atoms with van der Waals surface area (Å²) in [5.74, 6) is -0.402. The van der Waals surface area contributed by atoms with Gasteiger partial charge in [0.05, 0.1) is 11.8 Å². The highest BCUT2D eigenvalue weighted by atomic mass is 16.2. The highest BCUT2D eigenvalue weighted by Gasteiger charge is 2.47. The number of fused-ring (bicyclic) bond motifs is 1. The van der Waals surface area contributed by atoms with E-state index in [1.807, 2.05) is 0 Å². The molecule has 0 aromatic rings. The highest BCUT2D eigenvalue weighted by molar-refractivity contribution is 6.05. The van der Waals surface area contributed by atoms with Crippen LogP contribution in [0.15, 0.2) is 0 Å². The molecule has 1 N–H and O–H groups in total. The van der Waals surface area contributed by atoms with Gasteiger partial charge >= 0.3 is 0 Å². The molecule has 1 saturated carbocycles. The average molecular weight is 335 g/mol. The predicted molar refractivity (Wildman–Crippen MR) is 90.1 cm³/mol. The van der Waals surface area contributed by atoms with Crippen molar-refractivity contribution in [3.63, 3.8) is 0 Å². The monoisotopic (exact) mass is 335 g/mol. The molecule has 3 atom stereocenters. The second kappa shape index (κ2) is 7.64. The average Bonchev–Trinajstić information content (AvgIpc) is 3.15. The lowest BCUT2D eigenvalue weighted by Gasteiger charge is -2.23. The summed E-state index contributed by atoms with van der Waals surface area (Å²) in [6, 6.07) is 0.428. The largest absolute Gasteiger partial charge is 0.354 e. The van der Waals surface area contributed by atoms with Gasteiger partial charge in [-0.1, -0.05) is 19.8 Å². The molecule has 3 amide bonds. The molecule has 1 aliphatic carbocycles. The first-order valence-corrected chi connectivity index (χ1v) is 9.47. The summed E-state index contributed by atoms with van der Waals surface area (Å²) >= 11 is 0. The zero-order chi connectivity index (χ0) is 17.1. The fourth-order valence-corrected chi connectivity index (χ4v) is 4.53. The third kappa shape index (κ3) is 3.48. The van der Waals surface area contributed by atoms with Gasteiger partial charge in [0.25, 0.3) is 0 Å². The Balaban J connectivity index is 1.44. The molecule has 2 saturated heterocycles. The Morgan fingerprint density at radius 1 is 1.08 bits per heavy atom. The second-order valence-electron chi connectivity index (χ2n) is 7.30. The summed E-state index contributed by atoms with van der Waals surface area (Å²) in [4.78, 5) is 40.6. The first-order chi connectivity index (χ1) is 11.6. The number of rotatable bonds is 6. The number of carbonyl (C=O) groups is 3. The van der Waals surface area contributed by atoms with Gasteiger partial charge in [-0.3, -0.25) is 24.2 Å². The van der Waals surface area contributed by atoms with Gasteiger partial charge in [0.1, 0.15) is 0 Å². The molecule has 6 nitrogen and oxygen atoms in total. The summed E-state index contributed by atoms with van der Waals surface area (Å²) < 4.78 is 0. The van der Waals surface area contributed by atoms with Gasteiger partial charge in [-0.25, -0.2) is 0 Å². The van der Waals surface area contributed by atoms with Crippen molar-refractivity contribution in [3.05, 3.63) is 0 Å². The van der Waals surface area contributed by atoms with Crippen LogP contribution in [0.4, 0.5) is 0 Å². The molecule has 0 aromatic heterocycles. The van der Waals surface area contributed by atoms with E-state index >= 15 is 0 Å². The minimum absolute atomic E-state index is 0.0505. The van der Waals surface area contributed by atoms with E-state index < -0.39 is 0 Å². The standard InChI is InChI=1S/C18H29N3O3/c1-2-20-10-5-6-13(20)12-19-16(22)9-11-21-17(23)14-7-3-4-8-15(14)18(21)24/h13-15H,2-12H2,1H3,(H,19,22)/t13-,14-,15+/m0/s1. The highest BCUT2D eigenvalue weighted by Crippen LogP contribution is 2.37. The van der Waals surface area contributed by atoms with Crippen LogP contribution in [-0.4, -0.2) is 59.7 Å². The smallest absolute Gasteiger partial charge is 0.233 e. The second-order valence-corrected chi connectivity index (χ2v) is 7.30. The molecule has 2 aliphatic heterocycles. The van der Waals surface area contributed by atoms with Crippen molar-refractivity contribution < 1.29 is 14.4 Å². The van der Waals surface area contributed by atoms with Crippen molar-refractivity contribution in [3.8, 4) is 0 Å².